The fraction of sp³-hybridized carbons (Fsp3) is 0.786. The summed E-state index contributed by atoms with van der Waals surface area (Å²) in [6.45, 7) is 0.891. The first-order valence-corrected chi connectivity index (χ1v) is 7.93. The summed E-state index contributed by atoms with van der Waals surface area (Å²) in [7, 11) is 5.74. The van der Waals surface area contributed by atoms with Gasteiger partial charge in [0.05, 0.1) is 12.0 Å². The number of methoxy groups -OCH3 is 1. The molecule has 0 spiro atoms. The maximum Gasteiger partial charge on any atom is 0.230 e. The van der Waals surface area contributed by atoms with Crippen molar-refractivity contribution in [3.05, 3.63) is 4.88 Å². The second kappa shape index (κ2) is 5.29. The third-order valence-electron chi connectivity index (χ3n) is 4.49. The molecule has 19 heavy (non-hydrogen) atoms. The van der Waals surface area contributed by atoms with E-state index < -0.39 is 0 Å². The molecule has 106 valence electrons. The molecule has 1 N–H and O–H groups in total. The van der Waals surface area contributed by atoms with Gasteiger partial charge in [-0.1, -0.05) is 17.8 Å². The topological polar surface area (TPSA) is 37.4 Å². The maximum atomic E-state index is 5.39. The SMILES string of the molecule is COc1nc(N(C)C)sc1CNC1CC2CCC1C2. The van der Waals surface area contributed by atoms with Crippen LogP contribution in [0.25, 0.3) is 0 Å². The molecule has 1 aromatic rings. The van der Waals surface area contributed by atoms with E-state index in [2.05, 4.69) is 10.3 Å². The monoisotopic (exact) mass is 281 g/mol. The number of hydrogen-bond acceptors (Lipinski definition) is 5. The summed E-state index contributed by atoms with van der Waals surface area (Å²) in [6.07, 6.45) is 5.69. The van der Waals surface area contributed by atoms with Gasteiger partial charge in [-0.25, -0.2) is 0 Å². The first-order valence-electron chi connectivity index (χ1n) is 7.11. The molecule has 0 saturated heterocycles. The number of ether oxygens (including phenoxy) is 1. The Morgan fingerprint density at radius 1 is 1.37 bits per heavy atom. The number of nitrogens with one attached hydrogen (secondary N) is 1. The Morgan fingerprint density at radius 3 is 2.79 bits per heavy atom. The molecule has 3 atom stereocenters. The largest absolute Gasteiger partial charge is 0.480 e. The van der Waals surface area contributed by atoms with Crippen LogP contribution in [0.2, 0.25) is 0 Å². The van der Waals surface area contributed by atoms with Crippen molar-refractivity contribution in [2.24, 2.45) is 11.8 Å². The second-order valence-electron chi connectivity index (χ2n) is 5.99. The Bertz CT molecular complexity index is 446. The summed E-state index contributed by atoms with van der Waals surface area (Å²) < 4.78 is 5.39. The zero-order valence-electron chi connectivity index (χ0n) is 12.0. The van der Waals surface area contributed by atoms with Gasteiger partial charge in [-0.2, -0.15) is 4.98 Å². The first kappa shape index (κ1) is 13.2. The van der Waals surface area contributed by atoms with Gasteiger partial charge in [0, 0.05) is 26.7 Å². The van der Waals surface area contributed by atoms with Gasteiger partial charge in [0.2, 0.25) is 5.88 Å². The van der Waals surface area contributed by atoms with E-state index in [1.165, 1.54) is 30.6 Å². The van der Waals surface area contributed by atoms with Crippen LogP contribution in [0.3, 0.4) is 0 Å². The van der Waals surface area contributed by atoms with Gasteiger partial charge in [-0.3, -0.25) is 0 Å². The van der Waals surface area contributed by atoms with Crippen LogP contribution in [0.4, 0.5) is 5.13 Å². The molecule has 3 unspecified atom stereocenters. The summed E-state index contributed by atoms with van der Waals surface area (Å²) in [5.41, 5.74) is 0. The zero-order chi connectivity index (χ0) is 13.4. The lowest BCUT2D eigenvalue weighted by Gasteiger charge is -2.22. The fourth-order valence-electron chi connectivity index (χ4n) is 3.51. The lowest BCUT2D eigenvalue weighted by atomic mass is 9.95. The summed E-state index contributed by atoms with van der Waals surface area (Å²) in [6, 6.07) is 0.716. The molecule has 3 rings (SSSR count). The molecule has 0 radical (unpaired) electrons. The van der Waals surface area contributed by atoms with E-state index in [0.717, 1.165) is 29.4 Å². The van der Waals surface area contributed by atoms with Crippen LogP contribution >= 0.6 is 11.3 Å². The molecular weight excluding hydrogens is 258 g/mol. The zero-order valence-corrected chi connectivity index (χ0v) is 12.8. The Labute approximate surface area is 119 Å². The summed E-state index contributed by atoms with van der Waals surface area (Å²) in [5.74, 6) is 2.68. The lowest BCUT2D eigenvalue weighted by molar-refractivity contribution is 0.346. The van der Waals surface area contributed by atoms with E-state index in [0.29, 0.717) is 6.04 Å². The van der Waals surface area contributed by atoms with E-state index in [-0.39, 0.29) is 0 Å². The first-order chi connectivity index (χ1) is 9.17. The standard InChI is InChI=1S/C14H23N3OS/c1-17(2)14-16-13(18-3)12(19-14)8-15-11-7-9-4-5-10(11)6-9/h9-11,15H,4-8H2,1-3H3. The van der Waals surface area contributed by atoms with E-state index in [9.17, 15) is 0 Å². The highest BCUT2D eigenvalue weighted by Crippen LogP contribution is 2.44. The minimum Gasteiger partial charge on any atom is -0.480 e. The molecular formula is C14H23N3OS. The molecule has 2 aliphatic carbocycles. The minimum absolute atomic E-state index is 0.716. The third-order valence-corrected chi connectivity index (χ3v) is 5.69. The van der Waals surface area contributed by atoms with Gasteiger partial charge in [0.25, 0.3) is 0 Å². The van der Waals surface area contributed by atoms with Crippen molar-refractivity contribution in [3.8, 4) is 5.88 Å². The Balaban J connectivity index is 1.63. The van der Waals surface area contributed by atoms with Crippen molar-refractivity contribution in [1.82, 2.24) is 10.3 Å². The Kier molecular flexibility index (Phi) is 3.67. The Hall–Kier alpha value is -0.810. The number of fused-ring (bicyclic) bond motifs is 2. The Morgan fingerprint density at radius 2 is 2.21 bits per heavy atom. The second-order valence-corrected chi connectivity index (χ2v) is 7.05. The van der Waals surface area contributed by atoms with Gasteiger partial charge in [0.1, 0.15) is 0 Å². The third kappa shape index (κ3) is 2.58. The highest BCUT2D eigenvalue weighted by Gasteiger charge is 2.39. The predicted molar refractivity (Wildman–Crippen MR) is 79.1 cm³/mol. The molecule has 2 saturated carbocycles. The molecule has 0 amide bonds. The average molecular weight is 281 g/mol. The number of aromatic nitrogens is 1. The van der Waals surface area contributed by atoms with Crippen LogP contribution in [0, 0.1) is 11.8 Å². The fourth-order valence-corrected chi connectivity index (χ4v) is 4.41. The van der Waals surface area contributed by atoms with Crippen molar-refractivity contribution >= 4 is 16.5 Å². The molecule has 2 fully saturated rings. The van der Waals surface area contributed by atoms with Gasteiger partial charge in [-0.15, -0.1) is 0 Å². The summed E-state index contributed by atoms with van der Waals surface area (Å²) in [5, 5.41) is 4.74. The molecule has 0 aliphatic heterocycles. The van der Waals surface area contributed by atoms with Crippen molar-refractivity contribution in [2.45, 2.75) is 38.3 Å². The quantitative estimate of drug-likeness (QED) is 0.900. The van der Waals surface area contributed by atoms with Crippen LogP contribution in [-0.4, -0.2) is 32.2 Å². The number of anilines is 1. The van der Waals surface area contributed by atoms with Crippen LogP contribution < -0.4 is 15.0 Å². The highest BCUT2D eigenvalue weighted by atomic mass is 32.1. The van der Waals surface area contributed by atoms with Gasteiger partial charge >= 0.3 is 0 Å². The van der Waals surface area contributed by atoms with Crippen molar-refractivity contribution in [2.75, 3.05) is 26.1 Å². The number of hydrogen-bond donors (Lipinski definition) is 1. The number of rotatable bonds is 5. The summed E-state index contributed by atoms with van der Waals surface area (Å²) in [4.78, 5) is 7.76. The molecule has 5 heteroatoms. The van der Waals surface area contributed by atoms with Gasteiger partial charge < -0.3 is 15.0 Å². The van der Waals surface area contributed by atoms with E-state index in [1.54, 1.807) is 18.4 Å². The molecule has 2 bridgehead atoms. The molecule has 0 aromatic carbocycles. The highest BCUT2D eigenvalue weighted by molar-refractivity contribution is 7.15. The van der Waals surface area contributed by atoms with Crippen molar-refractivity contribution in [3.63, 3.8) is 0 Å². The van der Waals surface area contributed by atoms with E-state index in [4.69, 9.17) is 4.74 Å². The molecule has 1 aromatic heterocycles. The molecule has 2 aliphatic rings. The molecule has 4 nitrogen and oxygen atoms in total. The number of thiazole rings is 1. The van der Waals surface area contributed by atoms with E-state index >= 15 is 0 Å². The summed E-state index contributed by atoms with van der Waals surface area (Å²) >= 11 is 1.72. The minimum atomic E-state index is 0.716. The van der Waals surface area contributed by atoms with Crippen LogP contribution in [0.15, 0.2) is 0 Å². The normalized spacial score (nSPS) is 28.9. The average Bonchev–Trinajstić information content (AvgIpc) is 3.10. The van der Waals surface area contributed by atoms with Gasteiger partial charge in [0.15, 0.2) is 5.13 Å². The molecule has 1 heterocycles. The van der Waals surface area contributed by atoms with Gasteiger partial charge in [-0.05, 0) is 31.1 Å². The maximum absolute atomic E-state index is 5.39. The van der Waals surface area contributed by atoms with Crippen LogP contribution in [-0.2, 0) is 6.54 Å². The smallest absolute Gasteiger partial charge is 0.230 e. The predicted octanol–water partition coefficient (Wildman–Crippen LogP) is 2.50. The van der Waals surface area contributed by atoms with Crippen molar-refractivity contribution in [1.29, 1.82) is 0 Å². The van der Waals surface area contributed by atoms with Crippen molar-refractivity contribution < 1.29 is 4.74 Å². The van der Waals surface area contributed by atoms with E-state index in [1.807, 2.05) is 19.0 Å². The van der Waals surface area contributed by atoms with Crippen LogP contribution in [0.5, 0.6) is 5.88 Å². The lowest BCUT2D eigenvalue weighted by Crippen LogP contribution is -2.33. The number of nitrogens with zero attached hydrogens (tertiary/aromatic N) is 2. The van der Waals surface area contributed by atoms with Crippen LogP contribution in [0.1, 0.15) is 30.6 Å².